The van der Waals surface area contributed by atoms with Crippen LogP contribution in [0.25, 0.3) is 22.4 Å². The summed E-state index contributed by atoms with van der Waals surface area (Å²) < 4.78 is 1.88. The van der Waals surface area contributed by atoms with Crippen LogP contribution in [0.2, 0.25) is 0 Å². The molecule has 5 heteroatoms. The molecule has 4 aromatic rings. The SMILES string of the molecule is CC(CNc1ccc(-c2ccccc2)cn1)Nc1ccc(-c2ccnn2C)cc1. The predicted octanol–water partition coefficient (Wildman–Crippen LogP) is 5.06. The maximum atomic E-state index is 4.54. The summed E-state index contributed by atoms with van der Waals surface area (Å²) in [6.07, 6.45) is 3.72. The maximum Gasteiger partial charge on any atom is 0.125 e. The normalized spacial score (nSPS) is 11.8. The van der Waals surface area contributed by atoms with Crippen molar-refractivity contribution in [1.82, 2.24) is 14.8 Å². The molecular formula is C24H25N5. The number of nitrogens with one attached hydrogen (secondary N) is 2. The Morgan fingerprint density at radius 3 is 2.28 bits per heavy atom. The molecule has 0 aliphatic carbocycles. The van der Waals surface area contributed by atoms with E-state index in [9.17, 15) is 0 Å². The van der Waals surface area contributed by atoms with E-state index in [1.807, 2.05) is 54.5 Å². The third-order valence-corrected chi connectivity index (χ3v) is 4.87. The lowest BCUT2D eigenvalue weighted by atomic mass is 10.1. The molecule has 0 radical (unpaired) electrons. The largest absolute Gasteiger partial charge is 0.381 e. The Morgan fingerprint density at radius 2 is 1.62 bits per heavy atom. The first-order valence-electron chi connectivity index (χ1n) is 9.79. The number of rotatable bonds is 7. The van der Waals surface area contributed by atoms with Crippen LogP contribution < -0.4 is 10.6 Å². The number of nitrogens with zero attached hydrogens (tertiary/aromatic N) is 3. The molecule has 0 aliphatic rings. The maximum absolute atomic E-state index is 4.54. The summed E-state index contributed by atoms with van der Waals surface area (Å²) in [6, 6.07) is 25.1. The highest BCUT2D eigenvalue weighted by Gasteiger charge is 2.06. The van der Waals surface area contributed by atoms with Gasteiger partial charge in [0, 0.05) is 43.3 Å². The van der Waals surface area contributed by atoms with E-state index in [-0.39, 0.29) is 6.04 Å². The molecule has 2 aromatic carbocycles. The van der Waals surface area contributed by atoms with Gasteiger partial charge in [0.15, 0.2) is 0 Å². The molecule has 1 atom stereocenters. The lowest BCUT2D eigenvalue weighted by Gasteiger charge is -2.17. The number of anilines is 2. The van der Waals surface area contributed by atoms with Crippen molar-refractivity contribution in [2.24, 2.45) is 7.05 Å². The molecule has 29 heavy (non-hydrogen) atoms. The van der Waals surface area contributed by atoms with Crippen molar-refractivity contribution >= 4 is 11.5 Å². The van der Waals surface area contributed by atoms with E-state index in [0.29, 0.717) is 0 Å². The number of benzene rings is 2. The molecule has 2 aromatic heterocycles. The van der Waals surface area contributed by atoms with E-state index in [4.69, 9.17) is 0 Å². The molecule has 0 spiro atoms. The van der Waals surface area contributed by atoms with Gasteiger partial charge in [-0.05, 0) is 48.4 Å². The van der Waals surface area contributed by atoms with Crippen LogP contribution in [0.5, 0.6) is 0 Å². The molecule has 0 saturated carbocycles. The zero-order chi connectivity index (χ0) is 20.1. The molecule has 5 nitrogen and oxygen atoms in total. The smallest absolute Gasteiger partial charge is 0.125 e. The second-order valence-electron chi connectivity index (χ2n) is 7.14. The minimum absolute atomic E-state index is 0.258. The molecule has 2 N–H and O–H groups in total. The predicted molar refractivity (Wildman–Crippen MR) is 120 cm³/mol. The van der Waals surface area contributed by atoms with Gasteiger partial charge in [0.2, 0.25) is 0 Å². The third-order valence-electron chi connectivity index (χ3n) is 4.87. The zero-order valence-corrected chi connectivity index (χ0v) is 16.7. The molecule has 0 aliphatic heterocycles. The standard InChI is InChI=1S/C24H25N5/c1-18(28-22-11-8-20(9-12-22)23-14-15-27-29(23)2)16-25-24-13-10-21(17-26-24)19-6-4-3-5-7-19/h3-15,17-18,28H,16H2,1-2H3,(H,25,26). The average molecular weight is 383 g/mol. The molecule has 146 valence electrons. The van der Waals surface area contributed by atoms with Crippen molar-refractivity contribution < 1.29 is 0 Å². The van der Waals surface area contributed by atoms with Gasteiger partial charge in [-0.1, -0.05) is 42.5 Å². The van der Waals surface area contributed by atoms with Gasteiger partial charge in [0.25, 0.3) is 0 Å². The number of pyridine rings is 1. The van der Waals surface area contributed by atoms with E-state index >= 15 is 0 Å². The van der Waals surface area contributed by atoms with E-state index in [1.165, 1.54) is 5.56 Å². The zero-order valence-electron chi connectivity index (χ0n) is 16.7. The van der Waals surface area contributed by atoms with Crippen LogP contribution in [0.4, 0.5) is 11.5 Å². The summed E-state index contributed by atoms with van der Waals surface area (Å²) in [4.78, 5) is 4.54. The first-order chi connectivity index (χ1) is 14.2. The Bertz CT molecular complexity index is 1040. The Labute approximate surface area is 171 Å². The van der Waals surface area contributed by atoms with Gasteiger partial charge in [-0.3, -0.25) is 4.68 Å². The van der Waals surface area contributed by atoms with Crippen LogP contribution in [0, 0.1) is 0 Å². The van der Waals surface area contributed by atoms with Crippen molar-refractivity contribution in [2.45, 2.75) is 13.0 Å². The summed E-state index contributed by atoms with van der Waals surface area (Å²) in [7, 11) is 1.95. The fourth-order valence-corrected chi connectivity index (χ4v) is 3.29. The molecule has 0 fully saturated rings. The monoisotopic (exact) mass is 383 g/mol. The lowest BCUT2D eigenvalue weighted by molar-refractivity contribution is 0.776. The Balaban J connectivity index is 1.31. The van der Waals surface area contributed by atoms with Crippen molar-refractivity contribution in [3.8, 4) is 22.4 Å². The summed E-state index contributed by atoms with van der Waals surface area (Å²) in [5.74, 6) is 0.880. The Kier molecular flexibility index (Phi) is 5.56. The second kappa shape index (κ2) is 8.61. The van der Waals surface area contributed by atoms with Crippen LogP contribution in [0.1, 0.15) is 6.92 Å². The molecule has 0 saturated heterocycles. The fraction of sp³-hybridized carbons (Fsp3) is 0.167. The third kappa shape index (κ3) is 4.63. The van der Waals surface area contributed by atoms with Gasteiger partial charge >= 0.3 is 0 Å². The number of hydrogen-bond donors (Lipinski definition) is 2. The summed E-state index contributed by atoms with van der Waals surface area (Å²) >= 11 is 0. The van der Waals surface area contributed by atoms with E-state index in [0.717, 1.165) is 34.9 Å². The lowest BCUT2D eigenvalue weighted by Crippen LogP contribution is -2.25. The van der Waals surface area contributed by atoms with Crippen LogP contribution in [-0.2, 0) is 7.05 Å². The van der Waals surface area contributed by atoms with Crippen molar-refractivity contribution in [3.05, 3.63) is 85.2 Å². The highest BCUT2D eigenvalue weighted by Crippen LogP contribution is 2.21. The summed E-state index contributed by atoms with van der Waals surface area (Å²) in [6.45, 7) is 2.93. The number of aromatic nitrogens is 3. The molecule has 0 amide bonds. The fourth-order valence-electron chi connectivity index (χ4n) is 3.29. The van der Waals surface area contributed by atoms with E-state index < -0.39 is 0 Å². The molecule has 0 bridgehead atoms. The van der Waals surface area contributed by atoms with E-state index in [1.54, 1.807) is 0 Å². The van der Waals surface area contributed by atoms with Crippen molar-refractivity contribution in [1.29, 1.82) is 0 Å². The Morgan fingerprint density at radius 1 is 0.862 bits per heavy atom. The quantitative estimate of drug-likeness (QED) is 0.468. The first-order valence-corrected chi connectivity index (χ1v) is 9.79. The van der Waals surface area contributed by atoms with Gasteiger partial charge in [0.05, 0.1) is 5.69 Å². The van der Waals surface area contributed by atoms with Crippen molar-refractivity contribution in [3.63, 3.8) is 0 Å². The summed E-state index contributed by atoms with van der Waals surface area (Å²) in [5.41, 5.74) is 5.66. The van der Waals surface area contributed by atoms with Crippen LogP contribution in [0.3, 0.4) is 0 Å². The van der Waals surface area contributed by atoms with E-state index in [2.05, 4.69) is 70.1 Å². The van der Waals surface area contributed by atoms with Gasteiger partial charge in [-0.25, -0.2) is 4.98 Å². The Hall–Kier alpha value is -3.60. The highest BCUT2D eigenvalue weighted by molar-refractivity contribution is 5.64. The molecule has 2 heterocycles. The minimum Gasteiger partial charge on any atom is -0.381 e. The van der Waals surface area contributed by atoms with Crippen LogP contribution in [-0.4, -0.2) is 27.4 Å². The van der Waals surface area contributed by atoms with Gasteiger partial charge in [-0.15, -0.1) is 0 Å². The average Bonchev–Trinajstić information content (AvgIpc) is 3.20. The summed E-state index contributed by atoms with van der Waals surface area (Å²) in [5, 5.41) is 11.1. The van der Waals surface area contributed by atoms with Crippen molar-refractivity contribution in [2.75, 3.05) is 17.2 Å². The van der Waals surface area contributed by atoms with Crippen LogP contribution in [0.15, 0.2) is 85.2 Å². The molecule has 4 rings (SSSR count). The first kappa shape index (κ1) is 18.7. The highest BCUT2D eigenvalue weighted by atomic mass is 15.3. The van der Waals surface area contributed by atoms with Gasteiger partial charge in [-0.2, -0.15) is 5.10 Å². The topological polar surface area (TPSA) is 54.8 Å². The number of hydrogen-bond acceptors (Lipinski definition) is 4. The van der Waals surface area contributed by atoms with Gasteiger partial charge in [0.1, 0.15) is 5.82 Å². The molecule has 1 unspecified atom stereocenters. The van der Waals surface area contributed by atoms with Crippen LogP contribution >= 0.6 is 0 Å². The number of aryl methyl sites for hydroxylation is 1. The van der Waals surface area contributed by atoms with Gasteiger partial charge < -0.3 is 10.6 Å². The second-order valence-corrected chi connectivity index (χ2v) is 7.14. The minimum atomic E-state index is 0.258. The molecular weight excluding hydrogens is 358 g/mol.